The number of morpholine rings is 1. The van der Waals surface area contributed by atoms with Crippen molar-refractivity contribution in [1.29, 1.82) is 0 Å². The van der Waals surface area contributed by atoms with Crippen LogP contribution >= 0.6 is 0 Å². The number of nitrogens with one attached hydrogen (secondary N) is 1. The van der Waals surface area contributed by atoms with Crippen LogP contribution < -0.4 is 15.4 Å². The number of hydrogen-bond acceptors (Lipinski definition) is 8. The molecule has 3 aliphatic rings. The number of ether oxygens (including phenoxy) is 1. The second-order valence-corrected chi connectivity index (χ2v) is 8.85. The largest absolute Gasteiger partial charge is 0.378 e. The van der Waals surface area contributed by atoms with Gasteiger partial charge in [0.1, 0.15) is 0 Å². The highest BCUT2D eigenvalue weighted by Crippen LogP contribution is 2.45. The third-order valence-corrected chi connectivity index (χ3v) is 7.11. The first kappa shape index (κ1) is 19.5. The maximum absolute atomic E-state index is 12.8. The number of H-pyrrole nitrogens is 1. The lowest BCUT2D eigenvalue weighted by atomic mass is 9.76. The molecule has 1 aliphatic carbocycles. The summed E-state index contributed by atoms with van der Waals surface area (Å²) < 4.78 is 11.0. The Morgan fingerprint density at radius 1 is 0.938 bits per heavy atom. The van der Waals surface area contributed by atoms with Crippen LogP contribution in [-0.2, 0) is 16.6 Å². The molecule has 3 aromatic rings. The summed E-state index contributed by atoms with van der Waals surface area (Å²) in [6.45, 7) is 4.46. The van der Waals surface area contributed by atoms with Crippen molar-refractivity contribution < 1.29 is 9.26 Å². The van der Waals surface area contributed by atoms with E-state index in [1.54, 1.807) is 0 Å². The number of aromatic amines is 1. The van der Waals surface area contributed by atoms with Gasteiger partial charge in [-0.15, -0.1) is 0 Å². The molecule has 1 spiro atoms. The van der Waals surface area contributed by atoms with Gasteiger partial charge in [-0.2, -0.15) is 4.98 Å². The summed E-state index contributed by atoms with van der Waals surface area (Å²) in [6.07, 6.45) is 3.62. The Morgan fingerprint density at radius 3 is 2.50 bits per heavy atom. The highest BCUT2D eigenvalue weighted by atomic mass is 16.5. The first-order chi connectivity index (χ1) is 15.7. The predicted molar refractivity (Wildman–Crippen MR) is 119 cm³/mol. The number of rotatable bonds is 3. The third kappa shape index (κ3) is 3.28. The summed E-state index contributed by atoms with van der Waals surface area (Å²) in [5.41, 5.74) is 2.75. The van der Waals surface area contributed by atoms with Gasteiger partial charge < -0.3 is 19.1 Å². The first-order valence-corrected chi connectivity index (χ1v) is 11.3. The zero-order valence-corrected chi connectivity index (χ0v) is 17.9. The van der Waals surface area contributed by atoms with Crippen LogP contribution in [0, 0.1) is 0 Å². The molecule has 0 unspecified atom stereocenters. The van der Waals surface area contributed by atoms with E-state index in [9.17, 15) is 4.79 Å². The Kier molecular flexibility index (Phi) is 4.71. The van der Waals surface area contributed by atoms with E-state index in [2.05, 4.69) is 24.9 Å². The van der Waals surface area contributed by atoms with Crippen LogP contribution in [0.5, 0.6) is 0 Å². The monoisotopic (exact) mass is 434 g/mol. The fourth-order valence-corrected chi connectivity index (χ4v) is 5.23. The van der Waals surface area contributed by atoms with Gasteiger partial charge in [0.05, 0.1) is 18.9 Å². The zero-order valence-electron chi connectivity index (χ0n) is 17.9. The lowest BCUT2D eigenvalue weighted by Crippen LogP contribution is -2.43. The molecule has 6 rings (SSSR count). The molecule has 0 saturated carbocycles. The van der Waals surface area contributed by atoms with Crippen molar-refractivity contribution in [2.45, 2.75) is 31.1 Å². The normalized spacial score (nSPS) is 20.0. The molecule has 9 heteroatoms. The van der Waals surface area contributed by atoms with E-state index >= 15 is 0 Å². The Morgan fingerprint density at radius 2 is 1.72 bits per heavy atom. The molecule has 1 aromatic carbocycles. The molecular weight excluding hydrogens is 408 g/mol. The summed E-state index contributed by atoms with van der Waals surface area (Å²) in [5, 5.41) is 4.22. The van der Waals surface area contributed by atoms with Crippen molar-refractivity contribution in [2.24, 2.45) is 0 Å². The minimum Gasteiger partial charge on any atom is -0.378 e. The van der Waals surface area contributed by atoms with Gasteiger partial charge in [-0.3, -0.25) is 9.78 Å². The van der Waals surface area contributed by atoms with Crippen LogP contribution in [0.2, 0.25) is 0 Å². The maximum Gasteiger partial charge on any atom is 0.266 e. The van der Waals surface area contributed by atoms with Gasteiger partial charge in [0.15, 0.2) is 0 Å². The molecular formula is C23H26N6O3. The fraction of sp³-hybridized carbons (Fsp3) is 0.478. The van der Waals surface area contributed by atoms with E-state index in [1.165, 1.54) is 0 Å². The number of piperidine rings is 1. The minimum absolute atomic E-state index is 0.0152. The maximum atomic E-state index is 12.8. The van der Waals surface area contributed by atoms with Gasteiger partial charge >= 0.3 is 0 Å². The van der Waals surface area contributed by atoms with Crippen LogP contribution in [0.1, 0.15) is 30.5 Å². The Labute approximate surface area is 185 Å². The predicted octanol–water partition coefficient (Wildman–Crippen LogP) is 2.14. The summed E-state index contributed by atoms with van der Waals surface area (Å²) in [5.74, 6) is 1.85. The Balaban J connectivity index is 1.22. The average Bonchev–Trinajstić information content (AvgIpc) is 3.47. The van der Waals surface area contributed by atoms with E-state index in [4.69, 9.17) is 14.2 Å². The first-order valence-electron chi connectivity index (χ1n) is 11.3. The van der Waals surface area contributed by atoms with Gasteiger partial charge in [-0.05, 0) is 43.0 Å². The number of aromatic nitrogens is 4. The molecule has 166 valence electrons. The quantitative estimate of drug-likeness (QED) is 0.669. The van der Waals surface area contributed by atoms with Crippen molar-refractivity contribution in [2.75, 3.05) is 49.2 Å². The SMILES string of the molecule is O=c1[nH]c(N2CCOCC2)nc2c1CCC21CCN(c2noc(-c3ccccc3)n2)CC1. The molecule has 0 radical (unpaired) electrons. The number of nitrogens with zero attached hydrogens (tertiary/aromatic N) is 5. The average molecular weight is 435 g/mol. The Hall–Kier alpha value is -3.20. The van der Waals surface area contributed by atoms with Gasteiger partial charge in [-0.1, -0.05) is 18.2 Å². The van der Waals surface area contributed by atoms with Crippen molar-refractivity contribution >= 4 is 11.9 Å². The second kappa shape index (κ2) is 7.74. The molecule has 2 fully saturated rings. The molecule has 0 bridgehead atoms. The van der Waals surface area contributed by atoms with Gasteiger partial charge in [0.2, 0.25) is 5.95 Å². The van der Waals surface area contributed by atoms with E-state index in [-0.39, 0.29) is 11.0 Å². The number of hydrogen-bond donors (Lipinski definition) is 1. The highest BCUT2D eigenvalue weighted by molar-refractivity contribution is 5.54. The molecule has 32 heavy (non-hydrogen) atoms. The number of fused-ring (bicyclic) bond motifs is 2. The molecule has 1 N–H and O–H groups in total. The lowest BCUT2D eigenvalue weighted by molar-refractivity contribution is 0.122. The van der Waals surface area contributed by atoms with Crippen molar-refractivity contribution in [1.82, 2.24) is 20.1 Å². The summed E-state index contributed by atoms with van der Waals surface area (Å²) >= 11 is 0. The third-order valence-electron chi connectivity index (χ3n) is 7.11. The van der Waals surface area contributed by atoms with E-state index in [0.717, 1.165) is 68.7 Å². The molecule has 0 atom stereocenters. The van der Waals surface area contributed by atoms with Crippen LogP contribution in [-0.4, -0.2) is 59.5 Å². The minimum atomic E-state index is -0.0485. The molecule has 0 amide bonds. The summed E-state index contributed by atoms with van der Waals surface area (Å²) in [6, 6.07) is 9.82. The van der Waals surface area contributed by atoms with Crippen molar-refractivity contribution in [3.8, 4) is 11.5 Å². The van der Waals surface area contributed by atoms with Crippen LogP contribution in [0.3, 0.4) is 0 Å². The van der Waals surface area contributed by atoms with Crippen molar-refractivity contribution in [3.63, 3.8) is 0 Å². The topological polar surface area (TPSA) is 100 Å². The van der Waals surface area contributed by atoms with Crippen LogP contribution in [0.4, 0.5) is 11.9 Å². The van der Waals surface area contributed by atoms with E-state index < -0.39 is 0 Å². The summed E-state index contributed by atoms with van der Waals surface area (Å²) in [7, 11) is 0. The van der Waals surface area contributed by atoms with E-state index in [1.807, 2.05) is 30.3 Å². The van der Waals surface area contributed by atoms with Crippen molar-refractivity contribution in [3.05, 3.63) is 51.9 Å². The molecule has 2 aromatic heterocycles. The number of anilines is 2. The highest BCUT2D eigenvalue weighted by Gasteiger charge is 2.44. The van der Waals surface area contributed by atoms with Gasteiger partial charge in [-0.25, -0.2) is 4.98 Å². The van der Waals surface area contributed by atoms with Gasteiger partial charge in [0, 0.05) is 42.7 Å². The summed E-state index contributed by atoms with van der Waals surface area (Å²) in [4.78, 5) is 29.8. The van der Waals surface area contributed by atoms with E-state index in [0.29, 0.717) is 31.0 Å². The standard InChI is InChI=1S/C23H26N6O3/c30-19-17-6-7-23(18(17)24-21(25-19)29-12-14-31-15-13-29)8-10-28(11-9-23)22-26-20(32-27-22)16-4-2-1-3-5-16/h1-5H,6-15H2,(H,24,25,30). The number of benzene rings is 1. The van der Waals surface area contributed by atoms with Crippen LogP contribution in [0.25, 0.3) is 11.5 Å². The second-order valence-electron chi connectivity index (χ2n) is 8.85. The van der Waals surface area contributed by atoms with Crippen LogP contribution in [0.15, 0.2) is 39.6 Å². The van der Waals surface area contributed by atoms with Gasteiger partial charge in [0.25, 0.3) is 17.4 Å². The zero-order chi connectivity index (χ0) is 21.5. The molecule has 4 heterocycles. The molecule has 2 saturated heterocycles. The fourth-order valence-electron chi connectivity index (χ4n) is 5.23. The Bertz CT molecular complexity index is 1160. The molecule has 9 nitrogen and oxygen atoms in total. The molecule has 2 aliphatic heterocycles. The smallest absolute Gasteiger partial charge is 0.266 e. The lowest BCUT2D eigenvalue weighted by Gasteiger charge is -2.39.